The van der Waals surface area contributed by atoms with E-state index in [0.717, 1.165) is 9.13 Å². The molecule has 0 unspecified atom stereocenters. The molecule has 3 aromatic rings. The molecule has 0 saturated heterocycles. The Morgan fingerprint density at radius 1 is 1.14 bits per heavy atom. The third-order valence-corrected chi connectivity index (χ3v) is 8.71. The maximum Gasteiger partial charge on any atom is 0.338 e. The average Bonchev–Trinajstić information content (AvgIpc) is 3.25. The number of methoxy groups -OCH3 is 2. The van der Waals surface area contributed by atoms with Crippen LogP contribution in [0.5, 0.6) is 23.0 Å². The minimum atomic E-state index is -0.837. The number of aromatic nitrogens is 1. The highest BCUT2D eigenvalue weighted by molar-refractivity contribution is 14.1. The summed E-state index contributed by atoms with van der Waals surface area (Å²) in [6.45, 7) is 6.04. The Kier molecular flexibility index (Phi) is 10.4. The first kappa shape index (κ1) is 31.7. The first-order valence-corrected chi connectivity index (χ1v) is 15.5. The lowest BCUT2D eigenvalue weighted by Gasteiger charge is -2.26. The van der Waals surface area contributed by atoms with Crippen LogP contribution < -0.4 is 33.8 Å². The number of nitrogens with zero attached hydrogens (tertiary/aromatic N) is 2. The first-order valence-electron chi connectivity index (χ1n) is 12.8. The molecule has 220 valence electrons. The van der Waals surface area contributed by atoms with Gasteiger partial charge in [0.25, 0.3) is 5.56 Å². The van der Waals surface area contributed by atoms with Gasteiger partial charge in [0.1, 0.15) is 6.61 Å². The molecule has 0 bridgehead atoms. The lowest BCUT2D eigenvalue weighted by atomic mass is 9.95. The summed E-state index contributed by atoms with van der Waals surface area (Å²) in [6.07, 6.45) is 7.11. The van der Waals surface area contributed by atoms with Crippen molar-refractivity contribution in [1.29, 1.82) is 0 Å². The maximum atomic E-state index is 14.1. The van der Waals surface area contributed by atoms with E-state index in [2.05, 4.69) is 49.4 Å². The van der Waals surface area contributed by atoms with E-state index in [1.165, 1.54) is 30.1 Å². The van der Waals surface area contributed by atoms with Crippen LogP contribution in [0.1, 0.15) is 37.9 Å². The van der Waals surface area contributed by atoms with Crippen LogP contribution in [-0.2, 0) is 9.53 Å². The fourth-order valence-corrected chi connectivity index (χ4v) is 6.87. The van der Waals surface area contributed by atoms with E-state index < -0.39 is 12.0 Å². The van der Waals surface area contributed by atoms with Crippen molar-refractivity contribution in [3.8, 4) is 35.3 Å². The Bertz CT molecular complexity index is 1790. The fourth-order valence-electron chi connectivity index (χ4n) is 4.50. The van der Waals surface area contributed by atoms with Crippen LogP contribution in [0, 0.1) is 15.9 Å². The zero-order valence-electron chi connectivity index (χ0n) is 23.6. The predicted molar refractivity (Wildman–Crippen MR) is 172 cm³/mol. The summed E-state index contributed by atoms with van der Waals surface area (Å²) in [5.41, 5.74) is 1.73. The van der Waals surface area contributed by atoms with Crippen LogP contribution in [0.3, 0.4) is 0 Å². The molecule has 12 heteroatoms. The van der Waals surface area contributed by atoms with Crippen LogP contribution in [-0.4, -0.2) is 44.6 Å². The molecule has 42 heavy (non-hydrogen) atoms. The Balaban J connectivity index is 1.96. The first-order chi connectivity index (χ1) is 20.2. The van der Waals surface area contributed by atoms with Crippen LogP contribution in [0.2, 0.25) is 0 Å². The van der Waals surface area contributed by atoms with E-state index in [0.29, 0.717) is 54.7 Å². The molecule has 0 aliphatic carbocycles. The molecule has 9 nitrogen and oxygen atoms in total. The quantitative estimate of drug-likeness (QED) is 0.169. The number of carbonyl (C=O) groups excluding carboxylic acids is 1. The highest BCUT2D eigenvalue weighted by atomic mass is 127. The molecule has 0 saturated carbocycles. The van der Waals surface area contributed by atoms with E-state index in [4.69, 9.17) is 30.1 Å². The molecule has 0 spiro atoms. The monoisotopic (exact) mass is 766 g/mol. The van der Waals surface area contributed by atoms with Gasteiger partial charge in [0, 0.05) is 4.47 Å². The Labute approximate surface area is 269 Å². The van der Waals surface area contributed by atoms with Crippen molar-refractivity contribution in [2.75, 3.05) is 34.0 Å². The maximum absolute atomic E-state index is 14.1. The number of hydrogen-bond donors (Lipinski definition) is 0. The van der Waals surface area contributed by atoms with Crippen molar-refractivity contribution >= 4 is 61.9 Å². The number of thiazole rings is 1. The molecule has 1 aliphatic heterocycles. The molecule has 1 atom stereocenters. The number of esters is 1. The zero-order chi connectivity index (χ0) is 30.6. The summed E-state index contributed by atoms with van der Waals surface area (Å²) < 4.78 is 31.2. The zero-order valence-corrected chi connectivity index (χ0v) is 28.1. The standard InChI is InChI=1S/C30H28BrIN2O7S/c1-7-10-41-27-20(32)11-17(12-23(27)38-6)13-24-28(35)34-26(18-14-21(37-5)22(39-8-2)15-19(18)31)25(29(36)40-9-3)16(4)33-30(34)42-24/h1,11-15,26H,8-10H2,2-6H3/b24-13+/t26-/m0/s1. The summed E-state index contributed by atoms with van der Waals surface area (Å²) in [5, 5.41) is 0. The van der Waals surface area contributed by atoms with E-state index in [1.54, 1.807) is 38.1 Å². The molecule has 0 amide bonds. The Hall–Kier alpha value is -3.28. The summed E-state index contributed by atoms with van der Waals surface area (Å²) >= 11 is 6.99. The largest absolute Gasteiger partial charge is 0.493 e. The molecule has 4 rings (SSSR count). The second-order valence-corrected chi connectivity index (χ2v) is 11.8. The topological polar surface area (TPSA) is 97.6 Å². The fraction of sp³-hybridized carbons (Fsp3) is 0.300. The minimum absolute atomic E-state index is 0.0956. The predicted octanol–water partition coefficient (Wildman–Crippen LogP) is 4.59. The highest BCUT2D eigenvalue weighted by Gasteiger charge is 2.35. The van der Waals surface area contributed by atoms with Crippen LogP contribution in [0.25, 0.3) is 6.08 Å². The summed E-state index contributed by atoms with van der Waals surface area (Å²) in [7, 11) is 3.07. The van der Waals surface area contributed by atoms with Gasteiger partial charge in [0.2, 0.25) is 0 Å². The van der Waals surface area contributed by atoms with Crippen LogP contribution in [0.15, 0.2) is 49.8 Å². The van der Waals surface area contributed by atoms with Crippen molar-refractivity contribution < 1.29 is 28.5 Å². The Morgan fingerprint density at radius 3 is 2.52 bits per heavy atom. The number of ether oxygens (including phenoxy) is 5. The summed E-state index contributed by atoms with van der Waals surface area (Å²) in [6, 6.07) is 6.33. The normalized spacial score (nSPS) is 14.5. The number of halogens is 2. The minimum Gasteiger partial charge on any atom is -0.493 e. The average molecular weight is 767 g/mol. The van der Waals surface area contributed by atoms with Crippen LogP contribution >= 0.6 is 49.9 Å². The molecule has 0 fully saturated rings. The second-order valence-electron chi connectivity index (χ2n) is 8.79. The van der Waals surface area contributed by atoms with Crippen molar-refractivity contribution in [2.24, 2.45) is 4.99 Å². The molecule has 2 aromatic carbocycles. The van der Waals surface area contributed by atoms with E-state index in [-0.39, 0.29) is 24.3 Å². The third kappa shape index (κ3) is 6.23. The lowest BCUT2D eigenvalue weighted by molar-refractivity contribution is -0.139. The van der Waals surface area contributed by atoms with Crippen molar-refractivity contribution in [3.05, 3.63) is 74.4 Å². The molecule has 1 aliphatic rings. The molecular weight excluding hydrogens is 739 g/mol. The number of fused-ring (bicyclic) bond motifs is 1. The number of benzene rings is 2. The summed E-state index contributed by atoms with van der Waals surface area (Å²) in [4.78, 5) is 32.5. The van der Waals surface area contributed by atoms with E-state index >= 15 is 0 Å². The van der Waals surface area contributed by atoms with Crippen LogP contribution in [0.4, 0.5) is 0 Å². The number of rotatable bonds is 10. The van der Waals surface area contributed by atoms with Crippen molar-refractivity contribution in [1.82, 2.24) is 4.57 Å². The van der Waals surface area contributed by atoms with Crippen molar-refractivity contribution in [2.45, 2.75) is 26.8 Å². The highest BCUT2D eigenvalue weighted by Crippen LogP contribution is 2.41. The lowest BCUT2D eigenvalue weighted by Crippen LogP contribution is -2.40. The van der Waals surface area contributed by atoms with Gasteiger partial charge < -0.3 is 23.7 Å². The van der Waals surface area contributed by atoms with E-state index in [9.17, 15) is 9.59 Å². The second kappa shape index (κ2) is 13.8. The molecule has 1 aromatic heterocycles. The number of carbonyl (C=O) groups is 1. The van der Waals surface area contributed by atoms with Crippen molar-refractivity contribution in [3.63, 3.8) is 0 Å². The Morgan fingerprint density at radius 2 is 1.88 bits per heavy atom. The molecule has 0 N–H and O–H groups in total. The van der Waals surface area contributed by atoms with Gasteiger partial charge in [-0.2, -0.15) is 0 Å². The summed E-state index contributed by atoms with van der Waals surface area (Å²) in [5.74, 6) is 3.89. The van der Waals surface area contributed by atoms with Gasteiger partial charge in [0.05, 0.1) is 52.8 Å². The van der Waals surface area contributed by atoms with Gasteiger partial charge in [-0.3, -0.25) is 9.36 Å². The number of terminal acetylenes is 1. The van der Waals surface area contributed by atoms with Gasteiger partial charge in [0.15, 0.2) is 27.8 Å². The third-order valence-electron chi connectivity index (χ3n) is 6.24. The van der Waals surface area contributed by atoms with Gasteiger partial charge in [-0.05, 0) is 84.8 Å². The molecule has 2 heterocycles. The van der Waals surface area contributed by atoms with Gasteiger partial charge in [-0.1, -0.05) is 33.2 Å². The smallest absolute Gasteiger partial charge is 0.338 e. The van der Waals surface area contributed by atoms with E-state index in [1.807, 2.05) is 13.0 Å². The number of allylic oxidation sites excluding steroid dienone is 1. The van der Waals surface area contributed by atoms with Gasteiger partial charge >= 0.3 is 5.97 Å². The molecule has 0 radical (unpaired) electrons. The van der Waals surface area contributed by atoms with Gasteiger partial charge in [-0.15, -0.1) is 6.42 Å². The number of hydrogen-bond acceptors (Lipinski definition) is 9. The SMILES string of the molecule is C#CCOc1c(I)cc(/C=c2/sc3n(c2=O)[C@@H](c2cc(OC)c(OCC)cc2Br)C(C(=O)OCC)=C(C)N=3)cc1OC. The molecular formula is C30H28BrIN2O7S. The van der Waals surface area contributed by atoms with Gasteiger partial charge in [-0.25, -0.2) is 9.79 Å².